The van der Waals surface area contributed by atoms with E-state index in [0.29, 0.717) is 43.8 Å². The topological polar surface area (TPSA) is 69.9 Å². The molecule has 3 fully saturated rings. The van der Waals surface area contributed by atoms with Crippen molar-refractivity contribution in [1.29, 1.82) is 0 Å². The Bertz CT molecular complexity index is 668. The summed E-state index contributed by atoms with van der Waals surface area (Å²) in [5, 5.41) is 29.4. The molecular weight excluding hydrogens is 376 g/mol. The maximum Gasteiger partial charge on any atom is 0.119 e. The zero-order valence-corrected chi connectivity index (χ0v) is 18.8. The fourth-order valence-corrected chi connectivity index (χ4v) is 5.38. The van der Waals surface area contributed by atoms with Gasteiger partial charge in [-0.25, -0.2) is 0 Å². The van der Waals surface area contributed by atoms with Gasteiger partial charge < -0.3 is 20.1 Å². The van der Waals surface area contributed by atoms with E-state index >= 15 is 0 Å². The van der Waals surface area contributed by atoms with Crippen molar-refractivity contribution >= 4 is 0 Å². The lowest BCUT2D eigenvalue weighted by atomic mass is 9.63. The first-order valence-corrected chi connectivity index (χ1v) is 11.8. The second-order valence-electron chi connectivity index (χ2n) is 10.3. The molecule has 0 aromatic rings. The number of aliphatic hydroxyl groups is 3. The average Bonchev–Trinajstić information content (AvgIpc) is 2.66. The van der Waals surface area contributed by atoms with Crippen LogP contribution in [0, 0.1) is 17.3 Å². The van der Waals surface area contributed by atoms with Gasteiger partial charge in [-0.15, -0.1) is 0 Å². The van der Waals surface area contributed by atoms with Crippen molar-refractivity contribution in [3.63, 3.8) is 0 Å². The first-order chi connectivity index (χ1) is 14.2. The summed E-state index contributed by atoms with van der Waals surface area (Å²) in [4.78, 5) is 0. The largest absolute Gasteiger partial charge is 0.393 e. The van der Waals surface area contributed by atoms with Gasteiger partial charge >= 0.3 is 0 Å². The zero-order chi connectivity index (χ0) is 21.6. The van der Waals surface area contributed by atoms with Crippen molar-refractivity contribution in [2.75, 3.05) is 6.61 Å². The SMILES string of the molecule is CC(C)(O)C#CCCOC1CCC2(CCC/C(=C\C=C3C[C@@H](O)C[C@@H](O)C3)C2)CC1. The summed E-state index contributed by atoms with van der Waals surface area (Å²) in [7, 11) is 0. The smallest absolute Gasteiger partial charge is 0.119 e. The molecule has 0 bridgehead atoms. The van der Waals surface area contributed by atoms with Crippen LogP contribution in [0.25, 0.3) is 0 Å². The highest BCUT2D eigenvalue weighted by atomic mass is 16.5. The number of aliphatic hydroxyl groups excluding tert-OH is 2. The minimum absolute atomic E-state index is 0.348. The second kappa shape index (κ2) is 10.5. The van der Waals surface area contributed by atoms with Gasteiger partial charge in [-0.1, -0.05) is 35.1 Å². The minimum atomic E-state index is -0.921. The van der Waals surface area contributed by atoms with E-state index in [9.17, 15) is 15.3 Å². The van der Waals surface area contributed by atoms with Gasteiger partial charge in [0.15, 0.2) is 0 Å². The molecule has 3 aliphatic carbocycles. The highest BCUT2D eigenvalue weighted by Gasteiger charge is 2.37. The van der Waals surface area contributed by atoms with Crippen molar-refractivity contribution in [3.05, 3.63) is 23.3 Å². The van der Waals surface area contributed by atoms with Crippen LogP contribution in [0.1, 0.15) is 90.9 Å². The molecule has 4 nitrogen and oxygen atoms in total. The van der Waals surface area contributed by atoms with Crippen LogP contribution in [0.5, 0.6) is 0 Å². The predicted molar refractivity (Wildman–Crippen MR) is 120 cm³/mol. The Labute approximate surface area is 182 Å². The summed E-state index contributed by atoms with van der Waals surface area (Å²) in [5.74, 6) is 5.84. The minimum Gasteiger partial charge on any atom is -0.393 e. The maximum atomic E-state index is 9.89. The van der Waals surface area contributed by atoms with E-state index in [1.54, 1.807) is 13.8 Å². The Balaban J connectivity index is 1.45. The maximum absolute atomic E-state index is 9.89. The molecule has 0 amide bonds. The van der Waals surface area contributed by atoms with Crippen molar-refractivity contribution in [1.82, 2.24) is 0 Å². The van der Waals surface area contributed by atoms with Crippen molar-refractivity contribution in [3.8, 4) is 11.8 Å². The van der Waals surface area contributed by atoms with Crippen LogP contribution in [0.3, 0.4) is 0 Å². The number of ether oxygens (including phenoxy) is 1. The van der Waals surface area contributed by atoms with Gasteiger partial charge in [0.25, 0.3) is 0 Å². The molecule has 30 heavy (non-hydrogen) atoms. The molecule has 0 heterocycles. The molecule has 168 valence electrons. The summed E-state index contributed by atoms with van der Waals surface area (Å²) in [6.07, 6.45) is 16.3. The van der Waals surface area contributed by atoms with Crippen LogP contribution in [0.15, 0.2) is 23.3 Å². The van der Waals surface area contributed by atoms with Crippen LogP contribution in [-0.4, -0.2) is 45.8 Å². The van der Waals surface area contributed by atoms with E-state index < -0.39 is 17.8 Å². The standard InChI is InChI=1S/C26H40O4/c1-25(2,29)11-3-4-15-30-24-9-13-26(14-10-24)12-5-6-20(19-26)7-8-21-16-22(27)18-23(28)17-21/h7-8,22-24,27-29H,4-6,9-10,12-19H2,1-2H3/b20-7+,21-8?/t22-,23+,24?,26?. The van der Waals surface area contributed by atoms with Crippen molar-refractivity contribution in [2.24, 2.45) is 5.41 Å². The van der Waals surface area contributed by atoms with E-state index in [1.165, 1.54) is 49.7 Å². The summed E-state index contributed by atoms with van der Waals surface area (Å²) >= 11 is 0. The van der Waals surface area contributed by atoms with E-state index in [1.807, 2.05) is 0 Å². The van der Waals surface area contributed by atoms with Crippen LogP contribution < -0.4 is 0 Å². The van der Waals surface area contributed by atoms with E-state index in [-0.39, 0.29) is 0 Å². The van der Waals surface area contributed by atoms with Crippen molar-refractivity contribution < 1.29 is 20.1 Å². The molecule has 0 aliphatic heterocycles. The molecule has 1 spiro atoms. The summed E-state index contributed by atoms with van der Waals surface area (Å²) in [5.41, 5.74) is 2.23. The quantitative estimate of drug-likeness (QED) is 0.468. The van der Waals surface area contributed by atoms with E-state index in [4.69, 9.17) is 4.74 Å². The normalized spacial score (nSPS) is 35.4. The molecule has 0 unspecified atom stereocenters. The molecule has 4 heteroatoms. The third-order valence-corrected chi connectivity index (χ3v) is 6.87. The monoisotopic (exact) mass is 416 g/mol. The Morgan fingerprint density at radius 3 is 2.40 bits per heavy atom. The van der Waals surface area contributed by atoms with Crippen LogP contribution in [-0.2, 0) is 4.74 Å². The predicted octanol–water partition coefficient (Wildman–Crippen LogP) is 4.43. The Morgan fingerprint density at radius 1 is 1.07 bits per heavy atom. The number of rotatable bonds is 4. The molecule has 3 aliphatic rings. The highest BCUT2D eigenvalue weighted by Crippen LogP contribution is 2.49. The zero-order valence-electron chi connectivity index (χ0n) is 18.8. The molecule has 0 saturated heterocycles. The molecule has 3 rings (SSSR count). The Kier molecular flexibility index (Phi) is 8.21. The first kappa shape index (κ1) is 23.5. The lowest BCUT2D eigenvalue weighted by molar-refractivity contribution is -0.00691. The van der Waals surface area contributed by atoms with E-state index in [2.05, 4.69) is 24.0 Å². The fourth-order valence-electron chi connectivity index (χ4n) is 5.38. The third-order valence-electron chi connectivity index (χ3n) is 6.87. The first-order valence-electron chi connectivity index (χ1n) is 11.8. The van der Waals surface area contributed by atoms with Gasteiger partial charge in [0.1, 0.15) is 5.60 Å². The van der Waals surface area contributed by atoms with Gasteiger partial charge in [-0.3, -0.25) is 0 Å². The number of hydrogen-bond donors (Lipinski definition) is 3. The third kappa shape index (κ3) is 7.54. The van der Waals surface area contributed by atoms with Gasteiger partial charge in [0.2, 0.25) is 0 Å². The van der Waals surface area contributed by atoms with Crippen LogP contribution in [0.2, 0.25) is 0 Å². The molecule has 0 aromatic heterocycles. The Hall–Kier alpha value is -1.12. The average molecular weight is 417 g/mol. The van der Waals surface area contributed by atoms with E-state index in [0.717, 1.165) is 12.8 Å². The fraction of sp³-hybridized carbons (Fsp3) is 0.769. The van der Waals surface area contributed by atoms with Gasteiger partial charge in [-0.2, -0.15) is 0 Å². The van der Waals surface area contributed by atoms with Gasteiger partial charge in [0.05, 0.1) is 24.9 Å². The lowest BCUT2D eigenvalue weighted by Crippen LogP contribution is -2.33. The number of allylic oxidation sites excluding steroid dienone is 3. The molecule has 0 aromatic carbocycles. The van der Waals surface area contributed by atoms with Crippen LogP contribution in [0.4, 0.5) is 0 Å². The molecular formula is C26H40O4. The highest BCUT2D eigenvalue weighted by molar-refractivity contribution is 5.22. The summed E-state index contributed by atoms with van der Waals surface area (Å²) in [6.45, 7) is 4.05. The van der Waals surface area contributed by atoms with Crippen molar-refractivity contribution in [2.45, 2.75) is 115 Å². The second-order valence-corrected chi connectivity index (χ2v) is 10.3. The summed E-state index contributed by atoms with van der Waals surface area (Å²) in [6, 6.07) is 0. The van der Waals surface area contributed by atoms with Gasteiger partial charge in [-0.05, 0) is 89.9 Å². The molecule has 3 N–H and O–H groups in total. The van der Waals surface area contributed by atoms with Crippen LogP contribution >= 0.6 is 0 Å². The summed E-state index contributed by atoms with van der Waals surface area (Å²) < 4.78 is 6.05. The Morgan fingerprint density at radius 2 is 1.73 bits per heavy atom. The lowest BCUT2D eigenvalue weighted by Gasteiger charge is -2.43. The molecule has 0 radical (unpaired) electrons. The number of hydrogen-bond acceptors (Lipinski definition) is 4. The molecule has 2 atom stereocenters. The van der Waals surface area contributed by atoms with Gasteiger partial charge in [0, 0.05) is 6.42 Å². The molecule has 3 saturated carbocycles.